The second kappa shape index (κ2) is 9.14. The van der Waals surface area contributed by atoms with Crippen LogP contribution in [-0.4, -0.2) is 24.8 Å². The van der Waals surface area contributed by atoms with E-state index >= 15 is 0 Å². The summed E-state index contributed by atoms with van der Waals surface area (Å²) in [5.74, 6) is -0.161. The van der Waals surface area contributed by atoms with Gasteiger partial charge in [0, 0.05) is 6.61 Å². The molecule has 0 unspecified atom stereocenters. The summed E-state index contributed by atoms with van der Waals surface area (Å²) in [5, 5.41) is 12.0. The van der Waals surface area contributed by atoms with Gasteiger partial charge in [-0.2, -0.15) is 0 Å². The molecule has 0 atom stereocenters. The summed E-state index contributed by atoms with van der Waals surface area (Å²) in [4.78, 5) is 0. The van der Waals surface area contributed by atoms with Crippen molar-refractivity contribution in [3.63, 3.8) is 0 Å². The van der Waals surface area contributed by atoms with Crippen molar-refractivity contribution in [3.05, 3.63) is 35.6 Å². The normalized spacial score (nSPS) is 10.7. The Morgan fingerprint density at radius 3 is 2.65 bits per heavy atom. The molecule has 0 spiro atoms. The van der Waals surface area contributed by atoms with E-state index in [1.54, 1.807) is 12.1 Å². The summed E-state index contributed by atoms with van der Waals surface area (Å²) in [5.41, 5.74) is 1.04. The van der Waals surface area contributed by atoms with Gasteiger partial charge in [0.1, 0.15) is 5.82 Å². The van der Waals surface area contributed by atoms with Crippen molar-refractivity contribution in [2.45, 2.75) is 32.1 Å². The van der Waals surface area contributed by atoms with Crippen molar-refractivity contribution in [2.24, 2.45) is 0 Å². The number of halogens is 1. The lowest BCUT2D eigenvalue weighted by Gasteiger charge is -2.05. The molecule has 0 heterocycles. The average Bonchev–Trinajstić information content (AvgIpc) is 2.33. The minimum atomic E-state index is -0.161. The van der Waals surface area contributed by atoms with Crippen molar-refractivity contribution in [3.8, 4) is 0 Å². The van der Waals surface area contributed by atoms with Crippen LogP contribution in [0.3, 0.4) is 0 Å². The van der Waals surface area contributed by atoms with Gasteiger partial charge in [0.2, 0.25) is 0 Å². The van der Waals surface area contributed by atoms with Crippen LogP contribution in [0.1, 0.15) is 31.2 Å². The first kappa shape index (κ1) is 14.1. The number of aliphatic hydroxyl groups excluding tert-OH is 1. The number of unbranched alkanes of at least 4 members (excludes halogenated alkanes) is 3. The second-order valence-electron chi connectivity index (χ2n) is 4.27. The van der Waals surface area contributed by atoms with E-state index in [0.29, 0.717) is 6.61 Å². The third kappa shape index (κ3) is 7.08. The van der Waals surface area contributed by atoms with Crippen LogP contribution in [0.15, 0.2) is 24.3 Å². The first-order valence-electron chi connectivity index (χ1n) is 6.39. The fourth-order valence-corrected chi connectivity index (χ4v) is 1.77. The summed E-state index contributed by atoms with van der Waals surface area (Å²) in [7, 11) is 0. The maximum Gasteiger partial charge on any atom is 0.123 e. The summed E-state index contributed by atoms with van der Waals surface area (Å²) >= 11 is 0. The van der Waals surface area contributed by atoms with E-state index in [4.69, 9.17) is 5.11 Å². The van der Waals surface area contributed by atoms with E-state index in [0.717, 1.165) is 50.8 Å². The highest BCUT2D eigenvalue weighted by atomic mass is 19.1. The van der Waals surface area contributed by atoms with Gasteiger partial charge in [-0.3, -0.25) is 0 Å². The lowest BCUT2D eigenvalue weighted by molar-refractivity contribution is 0.282. The van der Waals surface area contributed by atoms with E-state index in [1.807, 2.05) is 6.07 Å². The Balaban J connectivity index is 1.97. The van der Waals surface area contributed by atoms with Crippen LogP contribution >= 0.6 is 0 Å². The summed E-state index contributed by atoms with van der Waals surface area (Å²) in [6.07, 6.45) is 5.18. The molecule has 2 nitrogen and oxygen atoms in total. The molecule has 0 aliphatic heterocycles. The molecule has 1 aromatic carbocycles. The minimum absolute atomic E-state index is 0.161. The summed E-state index contributed by atoms with van der Waals surface area (Å²) < 4.78 is 12.9. The highest BCUT2D eigenvalue weighted by Crippen LogP contribution is 2.03. The molecule has 2 N–H and O–H groups in total. The molecular weight excluding hydrogens is 217 g/mol. The van der Waals surface area contributed by atoms with Gasteiger partial charge in [0.15, 0.2) is 0 Å². The smallest absolute Gasteiger partial charge is 0.123 e. The Morgan fingerprint density at radius 1 is 1.06 bits per heavy atom. The van der Waals surface area contributed by atoms with Gasteiger partial charge in [-0.15, -0.1) is 0 Å². The van der Waals surface area contributed by atoms with Crippen molar-refractivity contribution < 1.29 is 9.50 Å². The van der Waals surface area contributed by atoms with Gasteiger partial charge in [-0.25, -0.2) is 4.39 Å². The Morgan fingerprint density at radius 2 is 1.88 bits per heavy atom. The van der Waals surface area contributed by atoms with Crippen LogP contribution < -0.4 is 5.32 Å². The van der Waals surface area contributed by atoms with Gasteiger partial charge in [-0.1, -0.05) is 25.0 Å². The molecule has 1 aromatic rings. The lowest BCUT2D eigenvalue weighted by atomic mass is 10.1. The number of benzene rings is 1. The van der Waals surface area contributed by atoms with Gasteiger partial charge in [-0.05, 0) is 50.0 Å². The molecule has 0 saturated heterocycles. The van der Waals surface area contributed by atoms with E-state index in [9.17, 15) is 4.39 Å². The molecular formula is C14H22FNO. The molecule has 3 heteroatoms. The minimum Gasteiger partial charge on any atom is -0.396 e. The van der Waals surface area contributed by atoms with Gasteiger partial charge in [0.05, 0.1) is 0 Å². The van der Waals surface area contributed by atoms with Gasteiger partial charge in [0.25, 0.3) is 0 Å². The van der Waals surface area contributed by atoms with Crippen LogP contribution in [-0.2, 0) is 6.42 Å². The number of rotatable bonds is 9. The van der Waals surface area contributed by atoms with E-state index < -0.39 is 0 Å². The van der Waals surface area contributed by atoms with Gasteiger partial charge >= 0.3 is 0 Å². The first-order valence-corrected chi connectivity index (χ1v) is 6.39. The number of nitrogens with one attached hydrogen (secondary N) is 1. The first-order chi connectivity index (χ1) is 8.33. The van der Waals surface area contributed by atoms with Crippen molar-refractivity contribution in [1.29, 1.82) is 0 Å². The molecule has 0 radical (unpaired) electrons. The lowest BCUT2D eigenvalue weighted by Crippen LogP contribution is -2.18. The molecule has 0 aliphatic rings. The van der Waals surface area contributed by atoms with Crippen LogP contribution in [0.25, 0.3) is 0 Å². The molecule has 0 fully saturated rings. The van der Waals surface area contributed by atoms with Crippen LogP contribution in [0.2, 0.25) is 0 Å². The van der Waals surface area contributed by atoms with E-state index in [1.165, 1.54) is 6.07 Å². The zero-order valence-corrected chi connectivity index (χ0v) is 10.3. The molecule has 0 amide bonds. The maximum atomic E-state index is 12.9. The maximum absolute atomic E-state index is 12.9. The zero-order chi connectivity index (χ0) is 12.3. The molecule has 0 aliphatic carbocycles. The highest BCUT2D eigenvalue weighted by molar-refractivity contribution is 5.16. The Bertz CT molecular complexity index is 304. The number of aliphatic hydroxyl groups is 1. The Kier molecular flexibility index (Phi) is 7.60. The molecule has 17 heavy (non-hydrogen) atoms. The monoisotopic (exact) mass is 239 g/mol. The second-order valence-corrected chi connectivity index (χ2v) is 4.27. The van der Waals surface area contributed by atoms with Crippen LogP contribution in [0.4, 0.5) is 4.39 Å². The fraction of sp³-hybridized carbons (Fsp3) is 0.571. The molecule has 0 aromatic heterocycles. The van der Waals surface area contributed by atoms with Crippen LogP contribution in [0.5, 0.6) is 0 Å². The third-order valence-corrected chi connectivity index (χ3v) is 2.74. The summed E-state index contributed by atoms with van der Waals surface area (Å²) in [6.45, 7) is 2.19. The van der Waals surface area contributed by atoms with E-state index in [2.05, 4.69) is 5.32 Å². The highest BCUT2D eigenvalue weighted by Gasteiger charge is 1.95. The predicted molar refractivity (Wildman–Crippen MR) is 68.5 cm³/mol. The number of hydrogen-bond acceptors (Lipinski definition) is 2. The van der Waals surface area contributed by atoms with Gasteiger partial charge < -0.3 is 10.4 Å². The molecule has 0 bridgehead atoms. The third-order valence-electron chi connectivity index (χ3n) is 2.74. The Labute approximate surface area is 103 Å². The SMILES string of the molecule is OCCCCCCNCCc1cccc(F)c1. The topological polar surface area (TPSA) is 32.3 Å². The standard InChI is InChI=1S/C14H22FNO/c15-14-7-5-6-13(12-14)8-10-16-9-3-1-2-4-11-17/h5-7,12,16-17H,1-4,8-11H2. The average molecular weight is 239 g/mol. The van der Waals surface area contributed by atoms with Crippen molar-refractivity contribution in [2.75, 3.05) is 19.7 Å². The zero-order valence-electron chi connectivity index (χ0n) is 10.3. The Hall–Kier alpha value is -0.930. The van der Waals surface area contributed by atoms with Crippen molar-refractivity contribution in [1.82, 2.24) is 5.32 Å². The molecule has 0 saturated carbocycles. The predicted octanol–water partition coefficient (Wildman–Crippen LogP) is 2.51. The van der Waals surface area contributed by atoms with E-state index in [-0.39, 0.29) is 5.82 Å². The summed E-state index contributed by atoms with van der Waals surface area (Å²) in [6, 6.07) is 6.76. The number of hydrogen-bond donors (Lipinski definition) is 2. The quantitative estimate of drug-likeness (QED) is 0.649. The van der Waals surface area contributed by atoms with Crippen molar-refractivity contribution >= 4 is 0 Å². The molecule has 1 rings (SSSR count). The van der Waals surface area contributed by atoms with Crippen LogP contribution in [0, 0.1) is 5.82 Å². The molecule has 96 valence electrons. The fourth-order valence-electron chi connectivity index (χ4n) is 1.77. The largest absolute Gasteiger partial charge is 0.396 e.